The first-order valence-electron chi connectivity index (χ1n) is 6.42. The average Bonchev–Trinajstić information content (AvgIpc) is 3.01. The van der Waals surface area contributed by atoms with Gasteiger partial charge in [-0.05, 0) is 12.1 Å². The van der Waals surface area contributed by atoms with Gasteiger partial charge in [0.25, 0.3) is 11.8 Å². The highest BCUT2D eigenvalue weighted by atomic mass is 35.5. The van der Waals surface area contributed by atoms with Gasteiger partial charge in [-0.15, -0.1) is 0 Å². The predicted octanol–water partition coefficient (Wildman–Crippen LogP) is 2.42. The number of benzene rings is 1. The van der Waals surface area contributed by atoms with Crippen LogP contribution < -0.4 is 5.32 Å². The molecule has 1 aromatic carbocycles. The molecule has 0 saturated heterocycles. The number of imide groups is 1. The molecule has 2 aromatic rings. The van der Waals surface area contributed by atoms with Crippen molar-refractivity contribution in [3.05, 3.63) is 45.9 Å². The molecule has 0 aliphatic carbocycles. The van der Waals surface area contributed by atoms with Crippen LogP contribution in [0.2, 0.25) is 4.34 Å². The highest BCUT2D eigenvalue weighted by Gasteiger charge is 2.34. The van der Waals surface area contributed by atoms with Crippen molar-refractivity contribution < 1.29 is 14.4 Å². The monoisotopic (exact) mass is 335 g/mol. The number of hydrogen-bond acceptors (Lipinski definition) is 5. The summed E-state index contributed by atoms with van der Waals surface area (Å²) < 4.78 is 0.468. The molecule has 0 atom stereocenters. The smallest absolute Gasteiger partial charge is 0.261 e. The highest BCUT2D eigenvalue weighted by molar-refractivity contribution is 7.19. The van der Waals surface area contributed by atoms with Crippen LogP contribution in [0.1, 0.15) is 27.1 Å². The first-order valence-corrected chi connectivity index (χ1v) is 7.62. The fraction of sp³-hybridized carbons (Fsp3) is 0.143. The van der Waals surface area contributed by atoms with Crippen molar-refractivity contribution in [2.75, 3.05) is 11.9 Å². The number of nitrogens with zero attached hydrogens (tertiary/aromatic N) is 2. The van der Waals surface area contributed by atoms with Crippen LogP contribution in [0.4, 0.5) is 5.13 Å². The minimum absolute atomic E-state index is 0.00265. The predicted molar refractivity (Wildman–Crippen MR) is 82.2 cm³/mol. The van der Waals surface area contributed by atoms with Crippen LogP contribution in [0, 0.1) is 0 Å². The van der Waals surface area contributed by atoms with Crippen LogP contribution in [-0.4, -0.2) is 34.2 Å². The number of aromatic nitrogens is 1. The number of halogens is 1. The number of thiazole rings is 1. The minimum Gasteiger partial charge on any atom is -0.302 e. The summed E-state index contributed by atoms with van der Waals surface area (Å²) in [6.45, 7) is 0.0251. The second kappa shape index (κ2) is 5.86. The van der Waals surface area contributed by atoms with Crippen LogP contribution in [0.5, 0.6) is 0 Å². The number of anilines is 1. The van der Waals surface area contributed by atoms with E-state index in [0.29, 0.717) is 20.6 Å². The van der Waals surface area contributed by atoms with Gasteiger partial charge in [-0.2, -0.15) is 0 Å². The lowest BCUT2D eigenvalue weighted by Gasteiger charge is -2.12. The number of carbonyl (C=O) groups is 3. The van der Waals surface area contributed by atoms with E-state index < -0.39 is 0 Å². The van der Waals surface area contributed by atoms with E-state index in [1.165, 1.54) is 6.20 Å². The Morgan fingerprint density at radius 1 is 1.23 bits per heavy atom. The van der Waals surface area contributed by atoms with Crippen LogP contribution in [0.15, 0.2) is 30.5 Å². The second-order valence-electron chi connectivity index (χ2n) is 4.58. The van der Waals surface area contributed by atoms with Crippen molar-refractivity contribution in [2.45, 2.75) is 6.42 Å². The molecular formula is C14H10ClN3O3S. The summed E-state index contributed by atoms with van der Waals surface area (Å²) in [6, 6.07) is 6.61. The molecule has 2 heterocycles. The lowest BCUT2D eigenvalue weighted by atomic mass is 10.1. The van der Waals surface area contributed by atoms with Gasteiger partial charge in [0, 0.05) is 13.0 Å². The second-order valence-corrected chi connectivity index (χ2v) is 6.24. The molecule has 0 spiro atoms. The number of fused-ring (bicyclic) bond motifs is 1. The van der Waals surface area contributed by atoms with Crippen LogP contribution in [0.3, 0.4) is 0 Å². The molecule has 3 amide bonds. The standard InChI is InChI=1S/C14H10ClN3O3S/c15-10-7-16-14(22-10)17-11(19)5-6-18-12(20)8-3-1-2-4-9(8)13(18)21/h1-4,7H,5-6H2,(H,16,17,19). The first-order chi connectivity index (χ1) is 10.6. The van der Waals surface area contributed by atoms with Gasteiger partial charge in [-0.1, -0.05) is 35.1 Å². The van der Waals surface area contributed by atoms with Gasteiger partial charge in [0.15, 0.2) is 5.13 Å². The molecule has 1 N–H and O–H groups in total. The van der Waals surface area contributed by atoms with Crippen LogP contribution in [0.25, 0.3) is 0 Å². The Labute approximate surface area is 134 Å². The third kappa shape index (κ3) is 2.72. The largest absolute Gasteiger partial charge is 0.302 e. The summed E-state index contributed by atoms with van der Waals surface area (Å²) in [7, 11) is 0. The van der Waals surface area contributed by atoms with Crippen molar-refractivity contribution in [1.82, 2.24) is 9.88 Å². The van der Waals surface area contributed by atoms with Gasteiger partial charge in [-0.25, -0.2) is 4.98 Å². The maximum atomic E-state index is 12.1. The first kappa shape index (κ1) is 14.7. The summed E-state index contributed by atoms with van der Waals surface area (Å²) in [4.78, 5) is 41.1. The zero-order valence-electron chi connectivity index (χ0n) is 11.2. The number of hydrogen-bond donors (Lipinski definition) is 1. The number of rotatable bonds is 4. The van der Waals surface area contributed by atoms with E-state index in [0.717, 1.165) is 16.2 Å². The molecule has 1 aliphatic heterocycles. The van der Waals surface area contributed by atoms with Gasteiger partial charge in [-0.3, -0.25) is 19.3 Å². The Hall–Kier alpha value is -2.25. The fourth-order valence-corrected chi connectivity index (χ4v) is 2.98. The van der Waals surface area contributed by atoms with Gasteiger partial charge in [0.1, 0.15) is 4.34 Å². The minimum atomic E-state index is -0.370. The number of nitrogens with one attached hydrogen (secondary N) is 1. The summed E-state index contributed by atoms with van der Waals surface area (Å²) in [6.07, 6.45) is 1.44. The summed E-state index contributed by atoms with van der Waals surface area (Å²) in [5, 5.41) is 2.96. The third-order valence-electron chi connectivity index (χ3n) is 3.16. The van der Waals surface area contributed by atoms with Crippen LogP contribution >= 0.6 is 22.9 Å². The van der Waals surface area contributed by atoms with Gasteiger partial charge in [0.05, 0.1) is 17.3 Å². The molecule has 0 fully saturated rings. The molecule has 3 rings (SSSR count). The third-order valence-corrected chi connectivity index (χ3v) is 4.19. The van der Waals surface area contributed by atoms with Gasteiger partial charge < -0.3 is 5.32 Å². The van der Waals surface area contributed by atoms with Crippen molar-refractivity contribution >= 4 is 45.8 Å². The zero-order chi connectivity index (χ0) is 15.7. The topological polar surface area (TPSA) is 79.4 Å². The lowest BCUT2D eigenvalue weighted by molar-refractivity contribution is -0.116. The van der Waals surface area contributed by atoms with Gasteiger partial charge >= 0.3 is 0 Å². The molecule has 0 saturated carbocycles. The van der Waals surface area contributed by atoms with Crippen molar-refractivity contribution in [3.63, 3.8) is 0 Å². The fourth-order valence-electron chi connectivity index (χ4n) is 2.15. The molecule has 22 heavy (non-hydrogen) atoms. The Balaban J connectivity index is 1.62. The van der Waals surface area contributed by atoms with E-state index in [1.54, 1.807) is 24.3 Å². The maximum Gasteiger partial charge on any atom is 0.261 e. The molecule has 0 radical (unpaired) electrons. The summed E-state index contributed by atoms with van der Waals surface area (Å²) in [5.74, 6) is -1.07. The summed E-state index contributed by atoms with van der Waals surface area (Å²) in [5.41, 5.74) is 0.749. The normalized spacial score (nSPS) is 13.4. The van der Waals surface area contributed by atoms with E-state index in [4.69, 9.17) is 11.6 Å². The molecule has 112 valence electrons. The Kier molecular flexibility index (Phi) is 3.91. The Morgan fingerprint density at radius 3 is 2.41 bits per heavy atom. The number of carbonyl (C=O) groups excluding carboxylic acids is 3. The highest BCUT2D eigenvalue weighted by Crippen LogP contribution is 2.24. The van der Waals surface area contributed by atoms with Crippen molar-refractivity contribution in [3.8, 4) is 0 Å². The maximum absolute atomic E-state index is 12.1. The molecule has 0 bridgehead atoms. The van der Waals surface area contributed by atoms with E-state index in [2.05, 4.69) is 10.3 Å². The van der Waals surface area contributed by atoms with Crippen LogP contribution in [-0.2, 0) is 4.79 Å². The molecule has 6 nitrogen and oxygen atoms in total. The Bertz CT molecular complexity index is 739. The lowest BCUT2D eigenvalue weighted by Crippen LogP contribution is -2.32. The molecule has 1 aliphatic rings. The van der Waals surface area contributed by atoms with Gasteiger partial charge in [0.2, 0.25) is 5.91 Å². The average molecular weight is 336 g/mol. The van der Waals surface area contributed by atoms with Crippen molar-refractivity contribution in [1.29, 1.82) is 0 Å². The van der Waals surface area contributed by atoms with E-state index in [-0.39, 0.29) is 30.7 Å². The SMILES string of the molecule is O=C(CCN1C(=O)c2ccccc2C1=O)Nc1ncc(Cl)s1. The summed E-state index contributed by atoms with van der Waals surface area (Å²) >= 11 is 6.86. The molecular weight excluding hydrogens is 326 g/mol. The molecule has 0 unspecified atom stereocenters. The molecule has 1 aromatic heterocycles. The Morgan fingerprint density at radius 2 is 1.86 bits per heavy atom. The molecule has 8 heteroatoms. The van der Waals surface area contributed by atoms with E-state index in [9.17, 15) is 14.4 Å². The van der Waals surface area contributed by atoms with E-state index >= 15 is 0 Å². The number of amides is 3. The zero-order valence-corrected chi connectivity index (χ0v) is 12.8. The van der Waals surface area contributed by atoms with E-state index in [1.807, 2.05) is 0 Å². The quantitative estimate of drug-likeness (QED) is 0.870. The van der Waals surface area contributed by atoms with Crippen molar-refractivity contribution in [2.24, 2.45) is 0 Å².